The van der Waals surface area contributed by atoms with Crippen molar-refractivity contribution in [1.82, 2.24) is 4.90 Å². The standard InChI is InChI=1S/C17H24ClNO/c1-17(2,19-11-5-3-4-6-12-19)16(20)13-14-7-9-15(18)10-8-14/h7-10H,3-6,11-13H2,1-2H3. The first kappa shape index (κ1) is 15.5. The molecule has 0 atom stereocenters. The fourth-order valence-corrected chi connectivity index (χ4v) is 2.94. The van der Waals surface area contributed by atoms with E-state index in [4.69, 9.17) is 11.6 Å². The van der Waals surface area contributed by atoms with E-state index in [9.17, 15) is 4.79 Å². The molecule has 110 valence electrons. The monoisotopic (exact) mass is 293 g/mol. The van der Waals surface area contributed by atoms with Crippen LogP contribution in [0.4, 0.5) is 0 Å². The summed E-state index contributed by atoms with van der Waals surface area (Å²) in [5.74, 6) is 0.293. The number of nitrogens with zero attached hydrogens (tertiary/aromatic N) is 1. The van der Waals surface area contributed by atoms with E-state index in [1.165, 1.54) is 25.7 Å². The number of carbonyl (C=O) groups is 1. The van der Waals surface area contributed by atoms with Crippen molar-refractivity contribution in [2.75, 3.05) is 13.1 Å². The number of rotatable bonds is 4. The van der Waals surface area contributed by atoms with Crippen LogP contribution in [-0.2, 0) is 11.2 Å². The van der Waals surface area contributed by atoms with Crippen molar-refractivity contribution >= 4 is 17.4 Å². The molecule has 1 aromatic carbocycles. The van der Waals surface area contributed by atoms with Crippen LogP contribution < -0.4 is 0 Å². The molecular weight excluding hydrogens is 270 g/mol. The summed E-state index contributed by atoms with van der Waals surface area (Å²) in [6.07, 6.45) is 5.48. The van der Waals surface area contributed by atoms with Gasteiger partial charge in [0.15, 0.2) is 5.78 Å². The van der Waals surface area contributed by atoms with Crippen LogP contribution in [-0.4, -0.2) is 29.3 Å². The molecule has 1 aliphatic heterocycles. The van der Waals surface area contributed by atoms with Gasteiger partial charge < -0.3 is 0 Å². The summed E-state index contributed by atoms with van der Waals surface area (Å²) >= 11 is 5.88. The van der Waals surface area contributed by atoms with Crippen LogP contribution in [0.2, 0.25) is 5.02 Å². The maximum absolute atomic E-state index is 12.7. The van der Waals surface area contributed by atoms with Crippen LogP contribution in [0.5, 0.6) is 0 Å². The van der Waals surface area contributed by atoms with Gasteiger partial charge in [-0.1, -0.05) is 36.6 Å². The van der Waals surface area contributed by atoms with Gasteiger partial charge in [0.1, 0.15) is 0 Å². The number of hydrogen-bond acceptors (Lipinski definition) is 2. The van der Waals surface area contributed by atoms with E-state index < -0.39 is 0 Å². The third-order valence-corrected chi connectivity index (χ3v) is 4.61. The highest BCUT2D eigenvalue weighted by Gasteiger charge is 2.33. The molecule has 0 saturated carbocycles. The first-order valence-corrected chi connectivity index (χ1v) is 7.91. The summed E-state index contributed by atoms with van der Waals surface area (Å²) < 4.78 is 0. The Labute approximate surface area is 127 Å². The average Bonchev–Trinajstić information content (AvgIpc) is 2.70. The fraction of sp³-hybridized carbons (Fsp3) is 0.588. The topological polar surface area (TPSA) is 20.3 Å². The summed E-state index contributed by atoms with van der Waals surface area (Å²) in [5.41, 5.74) is 0.673. The van der Waals surface area contributed by atoms with Crippen molar-refractivity contribution < 1.29 is 4.79 Å². The number of benzene rings is 1. The largest absolute Gasteiger partial charge is 0.297 e. The highest BCUT2D eigenvalue weighted by Crippen LogP contribution is 2.23. The van der Waals surface area contributed by atoms with Gasteiger partial charge in [-0.15, -0.1) is 0 Å². The Balaban J connectivity index is 2.03. The highest BCUT2D eigenvalue weighted by atomic mass is 35.5. The number of Topliss-reactive ketones (excluding diaryl/α,β-unsaturated/α-hetero) is 1. The molecule has 0 aliphatic carbocycles. The maximum atomic E-state index is 12.7. The van der Waals surface area contributed by atoms with Crippen molar-refractivity contribution in [2.45, 2.75) is 51.5 Å². The Morgan fingerprint density at radius 1 is 1.10 bits per heavy atom. The van der Waals surface area contributed by atoms with E-state index in [-0.39, 0.29) is 5.54 Å². The third kappa shape index (κ3) is 3.83. The molecule has 1 heterocycles. The lowest BCUT2D eigenvalue weighted by Gasteiger charge is -2.36. The zero-order valence-corrected chi connectivity index (χ0v) is 13.2. The molecular formula is C17H24ClNO. The molecule has 0 amide bonds. The summed E-state index contributed by atoms with van der Waals surface area (Å²) in [7, 11) is 0. The minimum absolute atomic E-state index is 0.293. The maximum Gasteiger partial charge on any atom is 0.156 e. The molecule has 0 aromatic heterocycles. The number of halogens is 1. The molecule has 1 saturated heterocycles. The van der Waals surface area contributed by atoms with Crippen LogP contribution in [0.15, 0.2) is 24.3 Å². The predicted molar refractivity (Wildman–Crippen MR) is 84.3 cm³/mol. The van der Waals surface area contributed by atoms with Gasteiger partial charge in [0.25, 0.3) is 0 Å². The normalized spacial score (nSPS) is 17.8. The quantitative estimate of drug-likeness (QED) is 0.833. The molecule has 1 aromatic rings. The van der Waals surface area contributed by atoms with Gasteiger partial charge >= 0.3 is 0 Å². The zero-order valence-electron chi connectivity index (χ0n) is 12.5. The van der Waals surface area contributed by atoms with Gasteiger partial charge in [-0.2, -0.15) is 0 Å². The van der Waals surface area contributed by atoms with Crippen molar-refractivity contribution in [3.63, 3.8) is 0 Å². The Hall–Kier alpha value is -0.860. The minimum Gasteiger partial charge on any atom is -0.297 e. The average molecular weight is 294 g/mol. The van der Waals surface area contributed by atoms with E-state index in [1.807, 2.05) is 24.3 Å². The van der Waals surface area contributed by atoms with Crippen LogP contribution in [0.1, 0.15) is 45.1 Å². The Morgan fingerprint density at radius 3 is 2.20 bits per heavy atom. The van der Waals surface area contributed by atoms with Gasteiger partial charge in [-0.3, -0.25) is 9.69 Å². The second-order valence-corrected chi connectivity index (χ2v) is 6.62. The van der Waals surface area contributed by atoms with E-state index >= 15 is 0 Å². The van der Waals surface area contributed by atoms with Gasteiger partial charge in [-0.25, -0.2) is 0 Å². The van der Waals surface area contributed by atoms with Crippen LogP contribution in [0.25, 0.3) is 0 Å². The smallest absolute Gasteiger partial charge is 0.156 e. The molecule has 0 unspecified atom stereocenters. The van der Waals surface area contributed by atoms with Crippen molar-refractivity contribution in [2.24, 2.45) is 0 Å². The molecule has 0 spiro atoms. The molecule has 1 aliphatic rings. The summed E-state index contributed by atoms with van der Waals surface area (Å²) in [5, 5.41) is 0.716. The van der Waals surface area contributed by atoms with Crippen LogP contribution in [0.3, 0.4) is 0 Å². The van der Waals surface area contributed by atoms with Crippen molar-refractivity contribution in [1.29, 1.82) is 0 Å². The third-order valence-electron chi connectivity index (χ3n) is 4.36. The Kier molecular flexibility index (Phi) is 5.22. The molecule has 3 heteroatoms. The minimum atomic E-state index is -0.371. The lowest BCUT2D eigenvalue weighted by Crippen LogP contribution is -2.51. The van der Waals surface area contributed by atoms with Crippen LogP contribution in [0, 0.1) is 0 Å². The molecule has 1 fully saturated rings. The van der Waals surface area contributed by atoms with E-state index in [0.29, 0.717) is 17.2 Å². The van der Waals surface area contributed by atoms with Gasteiger partial charge in [-0.05, 0) is 57.5 Å². The predicted octanol–water partition coefficient (Wildman–Crippen LogP) is 4.11. The summed E-state index contributed by atoms with van der Waals surface area (Å²) in [6.45, 7) is 6.21. The molecule has 2 nitrogen and oxygen atoms in total. The molecule has 2 rings (SSSR count). The first-order chi connectivity index (χ1) is 9.50. The van der Waals surface area contributed by atoms with E-state index in [1.54, 1.807) is 0 Å². The lowest BCUT2D eigenvalue weighted by molar-refractivity contribution is -0.128. The second kappa shape index (κ2) is 6.73. The number of hydrogen-bond donors (Lipinski definition) is 0. The Morgan fingerprint density at radius 2 is 1.65 bits per heavy atom. The lowest BCUT2D eigenvalue weighted by atomic mass is 9.91. The molecule has 20 heavy (non-hydrogen) atoms. The van der Waals surface area contributed by atoms with Crippen molar-refractivity contribution in [3.8, 4) is 0 Å². The second-order valence-electron chi connectivity index (χ2n) is 6.19. The number of ketones is 1. The fourth-order valence-electron chi connectivity index (χ4n) is 2.81. The molecule has 0 radical (unpaired) electrons. The molecule has 0 N–H and O–H groups in total. The van der Waals surface area contributed by atoms with E-state index in [0.717, 1.165) is 18.7 Å². The van der Waals surface area contributed by atoms with Gasteiger partial charge in [0.05, 0.1) is 5.54 Å². The summed E-state index contributed by atoms with van der Waals surface area (Å²) in [4.78, 5) is 15.0. The Bertz CT molecular complexity index is 445. The highest BCUT2D eigenvalue weighted by molar-refractivity contribution is 6.30. The summed E-state index contributed by atoms with van der Waals surface area (Å²) in [6, 6.07) is 7.59. The first-order valence-electron chi connectivity index (χ1n) is 7.53. The number of likely N-dealkylation sites (tertiary alicyclic amines) is 1. The SMILES string of the molecule is CC(C)(C(=O)Cc1ccc(Cl)cc1)N1CCCCCC1. The van der Waals surface area contributed by atoms with E-state index in [2.05, 4.69) is 18.7 Å². The number of carbonyl (C=O) groups excluding carboxylic acids is 1. The van der Waals surface area contributed by atoms with Gasteiger partial charge in [0.2, 0.25) is 0 Å². The van der Waals surface area contributed by atoms with Crippen molar-refractivity contribution in [3.05, 3.63) is 34.9 Å². The van der Waals surface area contributed by atoms with Gasteiger partial charge in [0, 0.05) is 11.4 Å². The zero-order chi connectivity index (χ0) is 14.6. The van der Waals surface area contributed by atoms with Crippen LogP contribution >= 0.6 is 11.6 Å². The molecule has 0 bridgehead atoms.